The van der Waals surface area contributed by atoms with E-state index < -0.39 is 17.6 Å². The van der Waals surface area contributed by atoms with Crippen LogP contribution in [0.3, 0.4) is 0 Å². The predicted molar refractivity (Wildman–Crippen MR) is 52.5 cm³/mol. The van der Waals surface area contributed by atoms with Gasteiger partial charge in [-0.3, -0.25) is 4.79 Å². The normalized spacial score (nSPS) is 9.87. The van der Waals surface area contributed by atoms with Crippen molar-refractivity contribution in [2.45, 2.75) is 6.92 Å². The van der Waals surface area contributed by atoms with Crippen LogP contribution in [0.25, 0.3) is 0 Å². The molecule has 0 aromatic heterocycles. The quantitative estimate of drug-likeness (QED) is 0.444. The first-order valence-electron chi connectivity index (χ1n) is 4.05. The number of aryl methyl sites for hydroxylation is 1. The Balaban J connectivity index is 3.25. The second kappa shape index (κ2) is 4.40. The van der Waals surface area contributed by atoms with E-state index >= 15 is 0 Å². The summed E-state index contributed by atoms with van der Waals surface area (Å²) in [5.74, 6) is -3.06. The molecule has 0 amide bonds. The van der Waals surface area contributed by atoms with Crippen molar-refractivity contribution in [1.29, 1.82) is 0 Å². The van der Waals surface area contributed by atoms with Crippen molar-refractivity contribution in [3.8, 4) is 0 Å². The maximum atomic E-state index is 13.4. The highest BCUT2D eigenvalue weighted by Crippen LogP contribution is 2.21. The van der Waals surface area contributed by atoms with Crippen LogP contribution in [0.15, 0.2) is 12.1 Å². The smallest absolute Gasteiger partial charge is 0.379 e. The van der Waals surface area contributed by atoms with Crippen LogP contribution >= 0.6 is 11.6 Å². The van der Waals surface area contributed by atoms with Gasteiger partial charge in [0.2, 0.25) is 0 Å². The molecule has 0 unspecified atom stereocenters. The Bertz CT molecular complexity index is 429. The van der Waals surface area contributed by atoms with Crippen molar-refractivity contribution in [3.63, 3.8) is 0 Å². The van der Waals surface area contributed by atoms with Crippen LogP contribution in [0, 0.1) is 12.7 Å². The van der Waals surface area contributed by atoms with Gasteiger partial charge in [0.15, 0.2) is 5.82 Å². The number of hydrogen-bond donors (Lipinski definition) is 0. The summed E-state index contributed by atoms with van der Waals surface area (Å²) in [6.45, 7) is 1.64. The second-order valence-electron chi connectivity index (χ2n) is 2.93. The van der Waals surface area contributed by atoms with Gasteiger partial charge < -0.3 is 4.74 Å². The number of ether oxygens (including phenoxy) is 1. The molecule has 1 aromatic rings. The first-order chi connectivity index (χ1) is 6.97. The molecule has 0 heterocycles. The molecule has 0 aliphatic carbocycles. The third kappa shape index (κ3) is 2.33. The van der Waals surface area contributed by atoms with E-state index in [4.69, 9.17) is 11.6 Å². The summed E-state index contributed by atoms with van der Waals surface area (Å²) in [4.78, 5) is 22.2. The molecule has 0 aliphatic rings. The van der Waals surface area contributed by atoms with E-state index in [1.807, 2.05) is 0 Å². The Morgan fingerprint density at radius 3 is 2.53 bits per heavy atom. The minimum absolute atomic E-state index is 0.192. The number of halogens is 2. The van der Waals surface area contributed by atoms with Gasteiger partial charge in [0, 0.05) is 0 Å². The third-order valence-electron chi connectivity index (χ3n) is 1.79. The van der Waals surface area contributed by atoms with E-state index in [9.17, 15) is 14.0 Å². The summed E-state index contributed by atoms with van der Waals surface area (Å²) in [5, 5.41) is -0.192. The maximum Gasteiger partial charge on any atom is 0.379 e. The largest absolute Gasteiger partial charge is 0.463 e. The zero-order valence-corrected chi connectivity index (χ0v) is 8.89. The lowest BCUT2D eigenvalue weighted by molar-refractivity contribution is -0.135. The average Bonchev–Trinajstić information content (AvgIpc) is 2.21. The number of Topliss-reactive ketones (excluding diaryl/α,β-unsaturated/α-hetero) is 1. The van der Waals surface area contributed by atoms with Crippen LogP contribution in [0.1, 0.15) is 15.9 Å². The van der Waals surface area contributed by atoms with Gasteiger partial charge in [0.05, 0.1) is 17.7 Å². The lowest BCUT2D eigenvalue weighted by atomic mass is 10.1. The maximum absolute atomic E-state index is 13.4. The fourth-order valence-electron chi connectivity index (χ4n) is 1.09. The van der Waals surface area contributed by atoms with E-state index in [1.165, 1.54) is 12.1 Å². The molecule has 1 rings (SSSR count). The molecular formula is C10H8ClFO3. The molecule has 0 bridgehead atoms. The van der Waals surface area contributed by atoms with Gasteiger partial charge in [-0.1, -0.05) is 11.6 Å². The zero-order valence-electron chi connectivity index (χ0n) is 8.14. The number of carbonyl (C=O) groups excluding carboxylic acids is 2. The highest BCUT2D eigenvalue weighted by Gasteiger charge is 2.22. The summed E-state index contributed by atoms with van der Waals surface area (Å²) in [6.07, 6.45) is 0. The summed E-state index contributed by atoms with van der Waals surface area (Å²) < 4.78 is 17.6. The van der Waals surface area contributed by atoms with Gasteiger partial charge in [0.25, 0.3) is 5.78 Å². The zero-order chi connectivity index (χ0) is 11.6. The Morgan fingerprint density at radius 2 is 2.00 bits per heavy atom. The van der Waals surface area contributed by atoms with Crippen LogP contribution in [0.2, 0.25) is 5.02 Å². The van der Waals surface area contributed by atoms with E-state index in [0.29, 0.717) is 5.56 Å². The fourth-order valence-corrected chi connectivity index (χ4v) is 1.37. The second-order valence-corrected chi connectivity index (χ2v) is 3.34. The molecule has 0 fully saturated rings. The molecule has 5 heteroatoms. The van der Waals surface area contributed by atoms with Gasteiger partial charge in [-0.2, -0.15) is 0 Å². The van der Waals surface area contributed by atoms with E-state index in [2.05, 4.69) is 4.74 Å². The van der Waals surface area contributed by atoms with Crippen LogP contribution in [0.5, 0.6) is 0 Å². The number of rotatable bonds is 2. The molecule has 3 nitrogen and oxygen atoms in total. The Kier molecular flexibility index (Phi) is 3.42. The van der Waals surface area contributed by atoms with Crippen molar-refractivity contribution < 1.29 is 18.7 Å². The average molecular weight is 231 g/mol. The SMILES string of the molecule is COC(=O)C(=O)c1cc(C)cc(Cl)c1F. The molecule has 0 saturated heterocycles. The predicted octanol–water partition coefficient (Wildman–Crippen LogP) is 2.14. The van der Waals surface area contributed by atoms with Crippen molar-refractivity contribution >= 4 is 23.4 Å². The van der Waals surface area contributed by atoms with Crippen molar-refractivity contribution in [1.82, 2.24) is 0 Å². The Labute approximate surface area is 90.8 Å². The van der Waals surface area contributed by atoms with Crippen molar-refractivity contribution in [3.05, 3.63) is 34.1 Å². The highest BCUT2D eigenvalue weighted by molar-refractivity contribution is 6.41. The summed E-state index contributed by atoms with van der Waals surface area (Å²) in [7, 11) is 1.05. The number of carbonyl (C=O) groups is 2. The summed E-state index contributed by atoms with van der Waals surface area (Å²) in [5.41, 5.74) is 0.223. The molecule has 0 aliphatic heterocycles. The molecule has 80 valence electrons. The lowest BCUT2D eigenvalue weighted by Gasteiger charge is -2.04. The number of esters is 1. The standard InChI is InChI=1S/C10H8ClFO3/c1-5-3-6(8(12)7(11)4-5)9(13)10(14)15-2/h3-4H,1-2H3. The number of hydrogen-bond acceptors (Lipinski definition) is 3. The molecule has 0 N–H and O–H groups in total. The molecule has 1 aromatic carbocycles. The minimum atomic E-state index is -1.12. The lowest BCUT2D eigenvalue weighted by Crippen LogP contribution is -2.17. The van der Waals surface area contributed by atoms with Crippen LogP contribution in [-0.2, 0) is 9.53 Å². The van der Waals surface area contributed by atoms with Crippen LogP contribution in [-0.4, -0.2) is 18.9 Å². The van der Waals surface area contributed by atoms with E-state index in [-0.39, 0.29) is 10.6 Å². The minimum Gasteiger partial charge on any atom is -0.463 e. The molecule has 15 heavy (non-hydrogen) atoms. The van der Waals surface area contributed by atoms with Gasteiger partial charge >= 0.3 is 5.97 Å². The Hall–Kier alpha value is -1.42. The van der Waals surface area contributed by atoms with Crippen molar-refractivity contribution in [2.24, 2.45) is 0 Å². The van der Waals surface area contributed by atoms with Gasteiger partial charge in [-0.25, -0.2) is 9.18 Å². The fraction of sp³-hybridized carbons (Fsp3) is 0.200. The highest BCUT2D eigenvalue weighted by atomic mass is 35.5. The van der Waals surface area contributed by atoms with Gasteiger partial charge in [-0.05, 0) is 24.6 Å². The number of ketones is 1. The third-order valence-corrected chi connectivity index (χ3v) is 2.06. The molecular weight excluding hydrogens is 223 g/mol. The van der Waals surface area contributed by atoms with Crippen LogP contribution in [0.4, 0.5) is 4.39 Å². The summed E-state index contributed by atoms with van der Waals surface area (Å²) in [6, 6.07) is 2.62. The molecule has 0 atom stereocenters. The van der Waals surface area contributed by atoms with Crippen molar-refractivity contribution in [2.75, 3.05) is 7.11 Å². The monoisotopic (exact) mass is 230 g/mol. The van der Waals surface area contributed by atoms with Gasteiger partial charge in [0.1, 0.15) is 0 Å². The first kappa shape index (κ1) is 11.7. The molecule has 0 radical (unpaired) electrons. The number of methoxy groups -OCH3 is 1. The molecule has 0 saturated carbocycles. The van der Waals surface area contributed by atoms with E-state index in [1.54, 1.807) is 6.92 Å². The molecule has 0 spiro atoms. The number of benzene rings is 1. The van der Waals surface area contributed by atoms with Gasteiger partial charge in [-0.15, -0.1) is 0 Å². The van der Waals surface area contributed by atoms with E-state index in [0.717, 1.165) is 7.11 Å². The summed E-state index contributed by atoms with van der Waals surface area (Å²) >= 11 is 5.53. The first-order valence-corrected chi connectivity index (χ1v) is 4.43. The Morgan fingerprint density at radius 1 is 1.40 bits per heavy atom. The topological polar surface area (TPSA) is 43.4 Å². The van der Waals surface area contributed by atoms with Crippen LogP contribution < -0.4 is 0 Å².